The Morgan fingerprint density at radius 1 is 1.41 bits per heavy atom. The van der Waals surface area contributed by atoms with E-state index in [0.717, 1.165) is 32.2 Å². The summed E-state index contributed by atoms with van der Waals surface area (Å²) in [5, 5.41) is 13.2. The van der Waals surface area contributed by atoms with Crippen molar-refractivity contribution < 1.29 is 0 Å². The number of hydrogen-bond donors (Lipinski definition) is 1. The fourth-order valence-electron chi connectivity index (χ4n) is 2.03. The summed E-state index contributed by atoms with van der Waals surface area (Å²) in [4.78, 5) is 4.34. The lowest BCUT2D eigenvalue weighted by atomic mass is 10.0. The molecule has 17 heavy (non-hydrogen) atoms. The minimum atomic E-state index is 0.568. The molecule has 2 rings (SSSR count). The van der Waals surface area contributed by atoms with E-state index in [2.05, 4.69) is 32.3 Å². The lowest BCUT2D eigenvalue weighted by molar-refractivity contribution is 1.31. The molecule has 1 aromatic carbocycles. The Labute approximate surface area is 109 Å². The van der Waals surface area contributed by atoms with Gasteiger partial charge in [-0.3, -0.25) is 4.98 Å². The van der Waals surface area contributed by atoms with Crippen LogP contribution in [0.25, 0.3) is 10.9 Å². The molecule has 0 radical (unpaired) electrons. The summed E-state index contributed by atoms with van der Waals surface area (Å²) < 4.78 is 1.07. The summed E-state index contributed by atoms with van der Waals surface area (Å²) in [5.41, 5.74) is 4.57. The van der Waals surface area contributed by atoms with Crippen LogP contribution in [0, 0.1) is 25.2 Å². The molecule has 0 saturated carbocycles. The van der Waals surface area contributed by atoms with E-state index in [1.165, 1.54) is 0 Å². The lowest BCUT2D eigenvalue weighted by Gasteiger charge is -2.13. The van der Waals surface area contributed by atoms with Gasteiger partial charge in [0.15, 0.2) is 0 Å². The molecule has 86 valence electrons. The maximum atomic E-state index is 9.08. The summed E-state index contributed by atoms with van der Waals surface area (Å²) >= 11 is 3.57. The second-order valence-electron chi connectivity index (χ2n) is 3.94. The van der Waals surface area contributed by atoms with E-state index in [4.69, 9.17) is 5.26 Å². The van der Waals surface area contributed by atoms with Crippen molar-refractivity contribution in [3.05, 3.63) is 33.4 Å². The largest absolute Gasteiger partial charge is 0.386 e. The van der Waals surface area contributed by atoms with Gasteiger partial charge in [0.25, 0.3) is 0 Å². The molecule has 0 saturated heterocycles. The summed E-state index contributed by atoms with van der Waals surface area (Å²) in [6, 6.07) is 4.18. The highest BCUT2D eigenvalue weighted by atomic mass is 79.9. The predicted molar refractivity (Wildman–Crippen MR) is 73.2 cm³/mol. The number of aryl methyl sites for hydroxylation is 2. The summed E-state index contributed by atoms with van der Waals surface area (Å²) in [5.74, 6) is 0. The standard InChI is InChI=1S/C13H12BrN3/c1-7-4-10-11(8(2)12(7)14)13(16-3)9(5-15)6-17-10/h4,6H,1-3H3,(H,16,17). The van der Waals surface area contributed by atoms with Gasteiger partial charge in [-0.2, -0.15) is 5.26 Å². The third-order valence-corrected chi connectivity index (χ3v) is 4.10. The van der Waals surface area contributed by atoms with Gasteiger partial charge in [0, 0.05) is 23.1 Å². The first-order valence-corrected chi connectivity index (χ1v) is 6.05. The molecule has 0 aliphatic carbocycles. The molecule has 2 aromatic rings. The van der Waals surface area contributed by atoms with E-state index < -0.39 is 0 Å². The fourth-order valence-corrected chi connectivity index (χ4v) is 2.35. The van der Waals surface area contributed by atoms with Crippen molar-refractivity contribution in [2.24, 2.45) is 0 Å². The predicted octanol–water partition coefficient (Wildman–Crippen LogP) is 3.53. The van der Waals surface area contributed by atoms with E-state index in [0.29, 0.717) is 5.56 Å². The number of fused-ring (bicyclic) bond motifs is 1. The van der Waals surface area contributed by atoms with Crippen LogP contribution in [0.5, 0.6) is 0 Å². The molecule has 1 N–H and O–H groups in total. The van der Waals surface area contributed by atoms with Crippen molar-refractivity contribution in [3.8, 4) is 6.07 Å². The minimum Gasteiger partial charge on any atom is -0.386 e. The number of aromatic nitrogens is 1. The van der Waals surface area contributed by atoms with Crippen molar-refractivity contribution in [2.45, 2.75) is 13.8 Å². The van der Waals surface area contributed by atoms with Gasteiger partial charge in [-0.1, -0.05) is 15.9 Å². The molecule has 1 heterocycles. The van der Waals surface area contributed by atoms with Crippen molar-refractivity contribution in [1.82, 2.24) is 4.98 Å². The maximum absolute atomic E-state index is 9.08. The van der Waals surface area contributed by atoms with Gasteiger partial charge in [0.1, 0.15) is 6.07 Å². The first kappa shape index (κ1) is 11.9. The number of nitrogens with one attached hydrogen (secondary N) is 1. The molecule has 0 unspecified atom stereocenters. The first-order valence-electron chi connectivity index (χ1n) is 5.26. The molecule has 0 aliphatic rings. The first-order chi connectivity index (χ1) is 8.10. The monoisotopic (exact) mass is 289 g/mol. The smallest absolute Gasteiger partial charge is 0.103 e. The Kier molecular flexibility index (Phi) is 3.03. The van der Waals surface area contributed by atoms with Crippen LogP contribution >= 0.6 is 15.9 Å². The molecule has 1 aromatic heterocycles. The molecule has 0 bridgehead atoms. The molecular weight excluding hydrogens is 278 g/mol. The highest BCUT2D eigenvalue weighted by Crippen LogP contribution is 2.34. The van der Waals surface area contributed by atoms with Gasteiger partial charge in [-0.05, 0) is 31.0 Å². The fraction of sp³-hybridized carbons (Fsp3) is 0.231. The zero-order chi connectivity index (χ0) is 12.6. The lowest BCUT2D eigenvalue weighted by Crippen LogP contribution is -1.98. The van der Waals surface area contributed by atoms with Crippen LogP contribution in [0.1, 0.15) is 16.7 Å². The van der Waals surface area contributed by atoms with Crippen LogP contribution in [0.2, 0.25) is 0 Å². The molecule has 0 fully saturated rings. The Bertz CT molecular complexity index is 641. The Hall–Kier alpha value is -1.60. The summed E-state index contributed by atoms with van der Waals surface area (Å²) in [6.07, 6.45) is 1.61. The van der Waals surface area contributed by atoms with E-state index in [1.807, 2.05) is 27.0 Å². The highest BCUT2D eigenvalue weighted by molar-refractivity contribution is 9.10. The number of hydrogen-bond acceptors (Lipinski definition) is 3. The molecule has 4 heteroatoms. The number of benzene rings is 1. The van der Waals surface area contributed by atoms with E-state index in [-0.39, 0.29) is 0 Å². The van der Waals surface area contributed by atoms with Crippen LogP contribution in [0.4, 0.5) is 5.69 Å². The molecule has 0 atom stereocenters. The second-order valence-corrected chi connectivity index (χ2v) is 4.73. The molecule has 0 amide bonds. The van der Waals surface area contributed by atoms with Crippen LogP contribution in [-0.4, -0.2) is 12.0 Å². The number of nitrogens with zero attached hydrogens (tertiary/aromatic N) is 2. The number of anilines is 1. The number of halogens is 1. The summed E-state index contributed by atoms with van der Waals surface area (Å²) in [7, 11) is 1.82. The molecule has 3 nitrogen and oxygen atoms in total. The number of pyridine rings is 1. The molecular formula is C13H12BrN3. The van der Waals surface area contributed by atoms with Gasteiger partial charge in [0.05, 0.1) is 16.8 Å². The van der Waals surface area contributed by atoms with E-state index >= 15 is 0 Å². The van der Waals surface area contributed by atoms with Crippen molar-refractivity contribution in [3.63, 3.8) is 0 Å². The average Bonchev–Trinajstić information content (AvgIpc) is 2.34. The average molecular weight is 290 g/mol. The normalized spacial score (nSPS) is 10.3. The Morgan fingerprint density at radius 2 is 2.12 bits per heavy atom. The van der Waals surface area contributed by atoms with Crippen molar-refractivity contribution in [2.75, 3.05) is 12.4 Å². The van der Waals surface area contributed by atoms with Gasteiger partial charge < -0.3 is 5.32 Å². The third kappa shape index (κ3) is 1.77. The number of rotatable bonds is 1. The third-order valence-electron chi connectivity index (χ3n) is 2.88. The van der Waals surface area contributed by atoms with E-state index in [1.54, 1.807) is 6.20 Å². The second kappa shape index (κ2) is 4.34. The van der Waals surface area contributed by atoms with Gasteiger partial charge >= 0.3 is 0 Å². The number of nitriles is 1. The van der Waals surface area contributed by atoms with Crippen LogP contribution in [0.3, 0.4) is 0 Å². The zero-order valence-electron chi connectivity index (χ0n) is 9.93. The maximum Gasteiger partial charge on any atom is 0.103 e. The van der Waals surface area contributed by atoms with Gasteiger partial charge in [0.2, 0.25) is 0 Å². The quantitative estimate of drug-likeness (QED) is 0.874. The van der Waals surface area contributed by atoms with Crippen molar-refractivity contribution >= 4 is 32.5 Å². The topological polar surface area (TPSA) is 48.7 Å². The van der Waals surface area contributed by atoms with Gasteiger partial charge in [-0.25, -0.2) is 0 Å². The Morgan fingerprint density at radius 3 is 2.71 bits per heavy atom. The van der Waals surface area contributed by atoms with Crippen LogP contribution in [-0.2, 0) is 0 Å². The minimum absolute atomic E-state index is 0.568. The van der Waals surface area contributed by atoms with E-state index in [9.17, 15) is 0 Å². The molecule has 0 spiro atoms. The van der Waals surface area contributed by atoms with Crippen LogP contribution < -0.4 is 5.32 Å². The van der Waals surface area contributed by atoms with Crippen molar-refractivity contribution in [1.29, 1.82) is 5.26 Å². The SMILES string of the molecule is CNc1c(C#N)cnc2cc(C)c(Br)c(C)c12. The molecule has 0 aliphatic heterocycles. The van der Waals surface area contributed by atoms with Crippen LogP contribution in [0.15, 0.2) is 16.7 Å². The Balaban J connectivity index is 2.99. The zero-order valence-corrected chi connectivity index (χ0v) is 11.5. The highest BCUT2D eigenvalue weighted by Gasteiger charge is 2.13. The van der Waals surface area contributed by atoms with Gasteiger partial charge in [-0.15, -0.1) is 0 Å². The summed E-state index contributed by atoms with van der Waals surface area (Å²) in [6.45, 7) is 4.07.